The van der Waals surface area contributed by atoms with Gasteiger partial charge in [0.15, 0.2) is 0 Å². The maximum absolute atomic E-state index is 10.3. The van der Waals surface area contributed by atoms with Crippen LogP contribution in [0.4, 0.5) is 0 Å². The molecule has 1 aromatic heterocycles. The molecule has 3 N–H and O–H groups in total. The smallest absolute Gasteiger partial charge is 0.143 e. The number of hydrogen-bond donors (Lipinski definition) is 3. The highest BCUT2D eigenvalue weighted by molar-refractivity contribution is 6.30. The van der Waals surface area contributed by atoms with E-state index in [4.69, 9.17) is 16.3 Å². The molecule has 1 heterocycles. The molecule has 1 unspecified atom stereocenters. The quantitative estimate of drug-likeness (QED) is 0.546. The van der Waals surface area contributed by atoms with E-state index in [1.54, 1.807) is 12.1 Å². The van der Waals surface area contributed by atoms with E-state index in [2.05, 4.69) is 23.3 Å². The van der Waals surface area contributed by atoms with Gasteiger partial charge in [-0.3, -0.25) is 0 Å². The van der Waals surface area contributed by atoms with Gasteiger partial charge in [-0.1, -0.05) is 35.9 Å². The van der Waals surface area contributed by atoms with Crippen molar-refractivity contribution >= 4 is 22.5 Å². The maximum atomic E-state index is 10.3. The van der Waals surface area contributed by atoms with Gasteiger partial charge in [0.25, 0.3) is 0 Å². The summed E-state index contributed by atoms with van der Waals surface area (Å²) in [6, 6.07) is 13.7. The van der Waals surface area contributed by atoms with Gasteiger partial charge in [-0.25, -0.2) is 0 Å². The highest BCUT2D eigenvalue weighted by Gasteiger charge is 2.13. The Morgan fingerprint density at radius 3 is 2.81 bits per heavy atom. The lowest BCUT2D eigenvalue weighted by Crippen LogP contribution is -2.32. The molecule has 0 amide bonds. The molecule has 0 saturated carbocycles. The fraction of sp³-hybridized carbons (Fsp3) is 0.333. The number of halogens is 1. The number of benzene rings is 2. The Hall–Kier alpha value is -2.01. The Morgan fingerprint density at radius 2 is 2.04 bits per heavy atom. The monoisotopic (exact) mass is 372 g/mol. The summed E-state index contributed by atoms with van der Waals surface area (Å²) in [5.74, 6) is 0.883. The van der Waals surface area contributed by atoms with Crippen LogP contribution in [0.15, 0.2) is 48.7 Å². The van der Waals surface area contributed by atoms with Crippen molar-refractivity contribution < 1.29 is 9.84 Å². The van der Waals surface area contributed by atoms with Gasteiger partial charge in [0.05, 0.1) is 18.2 Å². The summed E-state index contributed by atoms with van der Waals surface area (Å²) in [6.07, 6.45) is 2.32. The van der Waals surface area contributed by atoms with E-state index in [1.165, 1.54) is 10.9 Å². The molecule has 0 bridgehead atoms. The molecule has 0 radical (unpaired) electrons. The Kier molecular flexibility index (Phi) is 6.20. The molecule has 3 aromatic rings. The molecule has 0 aliphatic carbocycles. The van der Waals surface area contributed by atoms with E-state index in [0.29, 0.717) is 18.2 Å². The predicted octanol–water partition coefficient (Wildman–Crippen LogP) is 4.47. The van der Waals surface area contributed by atoms with Crippen molar-refractivity contribution in [3.63, 3.8) is 0 Å². The van der Waals surface area contributed by atoms with E-state index in [-0.39, 0.29) is 6.04 Å². The van der Waals surface area contributed by atoms with Gasteiger partial charge in [0.1, 0.15) is 5.75 Å². The second-order valence-corrected chi connectivity index (χ2v) is 6.95. The minimum atomic E-state index is -0.580. The van der Waals surface area contributed by atoms with Crippen LogP contribution in [0, 0.1) is 0 Å². The van der Waals surface area contributed by atoms with E-state index in [1.807, 2.05) is 37.4 Å². The van der Waals surface area contributed by atoms with Crippen molar-refractivity contribution in [1.82, 2.24) is 10.3 Å². The number of hydrogen-bond acceptors (Lipinski definition) is 3. The average molecular weight is 373 g/mol. The molecule has 5 heteroatoms. The topological polar surface area (TPSA) is 57.3 Å². The summed E-state index contributed by atoms with van der Waals surface area (Å²) < 4.78 is 5.68. The minimum Gasteiger partial charge on any atom is -0.492 e. The van der Waals surface area contributed by atoms with Crippen molar-refractivity contribution in [2.24, 2.45) is 0 Å². The van der Waals surface area contributed by atoms with Gasteiger partial charge in [-0.15, -0.1) is 0 Å². The van der Waals surface area contributed by atoms with Crippen LogP contribution in [0.1, 0.15) is 31.1 Å². The fourth-order valence-electron chi connectivity index (χ4n) is 3.18. The summed E-state index contributed by atoms with van der Waals surface area (Å²) in [7, 11) is 0. The molecule has 4 nitrogen and oxygen atoms in total. The maximum Gasteiger partial charge on any atom is 0.143 e. The molecule has 0 aliphatic heterocycles. The zero-order chi connectivity index (χ0) is 18.5. The van der Waals surface area contributed by atoms with Gasteiger partial charge in [-0.2, -0.15) is 0 Å². The Balaban J connectivity index is 1.62. The van der Waals surface area contributed by atoms with E-state index >= 15 is 0 Å². The van der Waals surface area contributed by atoms with Crippen LogP contribution >= 0.6 is 11.6 Å². The fourth-order valence-corrected chi connectivity index (χ4v) is 3.37. The number of rotatable bonds is 8. The van der Waals surface area contributed by atoms with E-state index < -0.39 is 6.10 Å². The van der Waals surface area contributed by atoms with Crippen LogP contribution in [0.25, 0.3) is 10.9 Å². The number of aromatic nitrogens is 1. The third-order valence-corrected chi connectivity index (χ3v) is 4.72. The normalized spacial score (nSPS) is 13.7. The molecule has 0 fully saturated rings. The van der Waals surface area contributed by atoms with Crippen LogP contribution in [-0.4, -0.2) is 29.3 Å². The van der Waals surface area contributed by atoms with Gasteiger partial charge in [0.2, 0.25) is 0 Å². The van der Waals surface area contributed by atoms with Gasteiger partial charge < -0.3 is 20.1 Å². The predicted molar refractivity (Wildman–Crippen MR) is 107 cm³/mol. The first kappa shape index (κ1) is 18.8. The Labute approximate surface area is 159 Å². The van der Waals surface area contributed by atoms with Crippen molar-refractivity contribution in [3.8, 4) is 5.75 Å². The van der Waals surface area contributed by atoms with Crippen molar-refractivity contribution in [2.75, 3.05) is 13.2 Å². The lowest BCUT2D eigenvalue weighted by atomic mass is 10.0. The molecule has 0 saturated heterocycles. The van der Waals surface area contributed by atoms with Gasteiger partial charge in [0, 0.05) is 29.2 Å². The van der Waals surface area contributed by atoms with Crippen LogP contribution in [-0.2, 0) is 6.42 Å². The summed E-state index contributed by atoms with van der Waals surface area (Å²) in [6.45, 7) is 5.23. The molecule has 0 spiro atoms. The van der Waals surface area contributed by atoms with Gasteiger partial charge in [-0.05, 0) is 49.6 Å². The van der Waals surface area contributed by atoms with E-state index in [9.17, 15) is 5.11 Å². The minimum absolute atomic E-state index is 0.221. The molecule has 2 atom stereocenters. The van der Waals surface area contributed by atoms with Crippen LogP contribution in [0.3, 0.4) is 0 Å². The third-order valence-electron chi connectivity index (χ3n) is 4.48. The Morgan fingerprint density at radius 1 is 1.23 bits per heavy atom. The third kappa shape index (κ3) is 4.39. The standard InChI is InChI=1S/C21H25ClN2O2/c1-3-26-20-9-5-8-18-16(12-24-21(18)20)10-14(2)23-13-19(25)15-6-4-7-17(22)11-15/h4-9,11-12,14,19,23-25H,3,10,13H2,1-2H3/t14?,19-/m0/s1. The first-order valence-electron chi connectivity index (χ1n) is 8.97. The molecule has 26 heavy (non-hydrogen) atoms. The highest BCUT2D eigenvalue weighted by Crippen LogP contribution is 2.28. The second-order valence-electron chi connectivity index (χ2n) is 6.51. The SMILES string of the molecule is CCOc1cccc2c(CC(C)NC[C@H](O)c3cccc(Cl)c3)c[nH]c12. The van der Waals surface area contributed by atoms with Crippen molar-refractivity contribution in [1.29, 1.82) is 0 Å². The molecular weight excluding hydrogens is 348 g/mol. The number of aromatic amines is 1. The number of nitrogens with one attached hydrogen (secondary N) is 2. The van der Waals surface area contributed by atoms with Crippen molar-refractivity contribution in [2.45, 2.75) is 32.4 Å². The number of H-pyrrole nitrogens is 1. The van der Waals surface area contributed by atoms with Crippen molar-refractivity contribution in [3.05, 3.63) is 64.8 Å². The van der Waals surface area contributed by atoms with Gasteiger partial charge >= 0.3 is 0 Å². The number of aliphatic hydroxyl groups is 1. The molecule has 3 rings (SSSR count). The number of fused-ring (bicyclic) bond motifs is 1. The Bertz CT molecular complexity index is 862. The van der Waals surface area contributed by atoms with Crippen LogP contribution < -0.4 is 10.1 Å². The highest BCUT2D eigenvalue weighted by atomic mass is 35.5. The first-order valence-corrected chi connectivity index (χ1v) is 9.35. The summed E-state index contributed by atoms with van der Waals surface area (Å²) >= 11 is 5.99. The molecule has 2 aromatic carbocycles. The van der Waals surface area contributed by atoms with Crippen LogP contribution in [0.5, 0.6) is 5.75 Å². The zero-order valence-corrected chi connectivity index (χ0v) is 15.9. The first-order chi connectivity index (χ1) is 12.6. The van der Waals surface area contributed by atoms with E-state index in [0.717, 1.165) is 23.3 Å². The average Bonchev–Trinajstić information content (AvgIpc) is 3.04. The second kappa shape index (κ2) is 8.58. The molecule has 138 valence electrons. The number of aliphatic hydroxyl groups excluding tert-OH is 1. The number of ether oxygens (including phenoxy) is 1. The molecular formula is C21H25ClN2O2. The lowest BCUT2D eigenvalue weighted by Gasteiger charge is -2.17. The summed E-state index contributed by atoms with van der Waals surface area (Å²) in [5.41, 5.74) is 3.10. The number of para-hydroxylation sites is 1. The van der Waals surface area contributed by atoms with Crippen LogP contribution in [0.2, 0.25) is 5.02 Å². The largest absolute Gasteiger partial charge is 0.492 e. The molecule has 0 aliphatic rings. The summed E-state index contributed by atoms with van der Waals surface area (Å²) in [5, 5.41) is 15.6. The zero-order valence-electron chi connectivity index (χ0n) is 15.1. The lowest BCUT2D eigenvalue weighted by molar-refractivity contribution is 0.170. The summed E-state index contributed by atoms with van der Waals surface area (Å²) in [4.78, 5) is 3.33.